The maximum absolute atomic E-state index is 13.5. The number of fused-ring (bicyclic) bond motifs is 1. The van der Waals surface area contributed by atoms with Crippen molar-refractivity contribution < 1.29 is 18.1 Å². The van der Waals surface area contributed by atoms with Gasteiger partial charge in [0.05, 0.1) is 16.4 Å². The molecule has 0 aliphatic heterocycles. The van der Waals surface area contributed by atoms with Gasteiger partial charge < -0.3 is 15.0 Å². The second-order valence-electron chi connectivity index (χ2n) is 9.04. The quantitative estimate of drug-likeness (QED) is 0.227. The first kappa shape index (κ1) is 23.6. The Morgan fingerprint density at radius 3 is 2.44 bits per heavy atom. The smallest absolute Gasteiger partial charge is 0.334 e. The van der Waals surface area contributed by atoms with E-state index in [9.17, 15) is 23.3 Å². The number of nitro groups is 1. The first-order chi connectivity index (χ1) is 17.1. The molecule has 0 saturated heterocycles. The van der Waals surface area contributed by atoms with Crippen molar-refractivity contribution in [3.63, 3.8) is 0 Å². The predicted octanol–water partition coefficient (Wildman–Crippen LogP) is 3.83. The molecule has 1 saturated carbocycles. The van der Waals surface area contributed by atoms with E-state index < -0.39 is 20.5 Å². The number of nitrogens with zero attached hydrogens (tertiary/aromatic N) is 3. The lowest BCUT2D eigenvalue weighted by Crippen LogP contribution is -2.22. The molecule has 1 fully saturated rings. The van der Waals surface area contributed by atoms with E-state index in [-0.39, 0.29) is 27.5 Å². The molecule has 2 aromatic heterocycles. The van der Waals surface area contributed by atoms with E-state index in [4.69, 9.17) is 10.5 Å². The van der Waals surface area contributed by atoms with Crippen molar-refractivity contribution in [2.45, 2.75) is 24.7 Å². The summed E-state index contributed by atoms with van der Waals surface area (Å²) in [5.74, 6) is 0.320. The minimum absolute atomic E-state index is 0.000917. The molecule has 0 bridgehead atoms. The normalized spacial score (nSPS) is 13.7. The summed E-state index contributed by atoms with van der Waals surface area (Å²) >= 11 is 0. The SMILES string of the molecule is Cc1ccc(S(=O)(=O)n2ccc3c(-c4ccc(N)c([N+](=O)[O-])c4OCC4CC4)cn(C)c(=O)c32)cc1. The van der Waals surface area contributed by atoms with Gasteiger partial charge in [-0.1, -0.05) is 17.7 Å². The van der Waals surface area contributed by atoms with E-state index in [2.05, 4.69) is 0 Å². The van der Waals surface area contributed by atoms with E-state index >= 15 is 0 Å². The van der Waals surface area contributed by atoms with Crippen LogP contribution in [-0.2, 0) is 17.1 Å². The molecule has 2 N–H and O–H groups in total. The molecule has 1 aliphatic rings. The predicted molar refractivity (Wildman–Crippen MR) is 136 cm³/mol. The molecule has 0 spiro atoms. The van der Waals surface area contributed by atoms with Gasteiger partial charge >= 0.3 is 5.69 Å². The fourth-order valence-corrected chi connectivity index (χ4v) is 5.53. The lowest BCUT2D eigenvalue weighted by Gasteiger charge is -2.15. The number of ether oxygens (including phenoxy) is 1. The van der Waals surface area contributed by atoms with E-state index in [0.29, 0.717) is 29.0 Å². The number of nitro benzene ring substituents is 1. The Morgan fingerprint density at radius 1 is 1.11 bits per heavy atom. The minimum atomic E-state index is -4.08. The highest BCUT2D eigenvalue weighted by Gasteiger charge is 2.30. The third-order valence-electron chi connectivity index (χ3n) is 6.36. The fraction of sp³-hybridized carbons (Fsp3) is 0.240. The average molecular weight is 509 g/mol. The highest BCUT2D eigenvalue weighted by atomic mass is 32.2. The second-order valence-corrected chi connectivity index (χ2v) is 10.9. The summed E-state index contributed by atoms with van der Waals surface area (Å²) in [5.41, 5.74) is 6.60. The third kappa shape index (κ3) is 3.91. The van der Waals surface area contributed by atoms with Gasteiger partial charge in [-0.05, 0) is 56.0 Å². The highest BCUT2D eigenvalue weighted by molar-refractivity contribution is 7.90. The van der Waals surface area contributed by atoms with Crippen molar-refractivity contribution in [2.75, 3.05) is 12.3 Å². The molecular weight excluding hydrogens is 484 g/mol. The zero-order valence-electron chi connectivity index (χ0n) is 19.7. The van der Waals surface area contributed by atoms with Crippen LogP contribution in [0.15, 0.2) is 64.5 Å². The number of rotatable bonds is 7. The Morgan fingerprint density at radius 2 is 1.81 bits per heavy atom. The highest BCUT2D eigenvalue weighted by Crippen LogP contribution is 2.44. The van der Waals surface area contributed by atoms with Gasteiger partial charge in [0, 0.05) is 36.0 Å². The number of nitrogen functional groups attached to an aromatic ring is 1. The molecule has 11 heteroatoms. The van der Waals surface area contributed by atoms with Gasteiger partial charge in [0.15, 0.2) is 0 Å². The number of nitrogens with two attached hydrogens (primary N) is 1. The second kappa shape index (κ2) is 8.52. The average Bonchev–Trinajstić information content (AvgIpc) is 3.55. The Hall–Kier alpha value is -4.12. The van der Waals surface area contributed by atoms with Gasteiger partial charge in [0.25, 0.3) is 15.6 Å². The summed E-state index contributed by atoms with van der Waals surface area (Å²) in [5, 5.41) is 12.2. The standard InChI is InChI=1S/C25H24N4O6S/c1-15-3-7-17(8-4-15)36(33,34)28-12-11-18-20(13-27(2)25(30)22(18)28)19-9-10-21(26)23(29(31)32)24(19)35-14-16-5-6-16/h3-4,7-13,16H,5-6,14,26H2,1-2H3. The monoisotopic (exact) mass is 508 g/mol. The molecule has 5 rings (SSSR count). The topological polar surface area (TPSA) is 139 Å². The Kier molecular flexibility index (Phi) is 5.59. The third-order valence-corrected chi connectivity index (χ3v) is 8.05. The van der Waals surface area contributed by atoms with E-state index in [0.717, 1.165) is 22.4 Å². The molecule has 0 unspecified atom stereocenters. The van der Waals surface area contributed by atoms with Gasteiger partial charge in [0.2, 0.25) is 5.75 Å². The number of hydrogen-bond donors (Lipinski definition) is 1. The van der Waals surface area contributed by atoms with Gasteiger partial charge in [-0.15, -0.1) is 0 Å². The fourth-order valence-electron chi connectivity index (χ4n) is 4.19. The van der Waals surface area contributed by atoms with Crippen LogP contribution in [-0.4, -0.2) is 28.5 Å². The van der Waals surface area contributed by atoms with E-state index in [1.54, 1.807) is 18.2 Å². The Labute approximate surface area is 206 Å². The van der Waals surface area contributed by atoms with Crippen molar-refractivity contribution in [1.82, 2.24) is 8.54 Å². The molecule has 0 radical (unpaired) electrons. The number of hydrogen-bond acceptors (Lipinski definition) is 7. The summed E-state index contributed by atoms with van der Waals surface area (Å²) in [7, 11) is -2.59. The number of aromatic nitrogens is 2. The van der Waals surface area contributed by atoms with Crippen LogP contribution in [0.1, 0.15) is 18.4 Å². The summed E-state index contributed by atoms with van der Waals surface area (Å²) in [6, 6.07) is 10.9. The summed E-state index contributed by atoms with van der Waals surface area (Å²) in [4.78, 5) is 24.5. The molecule has 36 heavy (non-hydrogen) atoms. The maximum atomic E-state index is 13.5. The van der Waals surface area contributed by atoms with Crippen LogP contribution in [0.3, 0.4) is 0 Å². The van der Waals surface area contributed by atoms with E-state index in [1.165, 1.54) is 48.3 Å². The van der Waals surface area contributed by atoms with Crippen LogP contribution in [0.5, 0.6) is 5.75 Å². The van der Waals surface area contributed by atoms with Crippen LogP contribution in [0.25, 0.3) is 22.0 Å². The lowest BCUT2D eigenvalue weighted by atomic mass is 10.0. The number of aryl methyl sites for hydroxylation is 2. The van der Waals surface area contributed by atoms with Gasteiger partial charge in [0.1, 0.15) is 11.2 Å². The summed E-state index contributed by atoms with van der Waals surface area (Å²) < 4.78 is 35.0. The molecule has 0 atom stereocenters. The molecule has 186 valence electrons. The summed E-state index contributed by atoms with van der Waals surface area (Å²) in [6.45, 7) is 2.15. The van der Waals surface area contributed by atoms with Crippen molar-refractivity contribution >= 4 is 32.3 Å². The van der Waals surface area contributed by atoms with Crippen LogP contribution < -0.4 is 16.0 Å². The van der Waals surface area contributed by atoms with Gasteiger partial charge in [-0.3, -0.25) is 14.9 Å². The summed E-state index contributed by atoms with van der Waals surface area (Å²) in [6.07, 6.45) is 4.80. The lowest BCUT2D eigenvalue weighted by molar-refractivity contribution is -0.384. The molecule has 1 aliphatic carbocycles. The van der Waals surface area contributed by atoms with Crippen molar-refractivity contribution in [2.24, 2.45) is 13.0 Å². The molecule has 2 heterocycles. The molecule has 2 aromatic carbocycles. The number of pyridine rings is 1. The zero-order valence-corrected chi connectivity index (χ0v) is 20.5. The van der Waals surface area contributed by atoms with Crippen LogP contribution in [0.4, 0.5) is 11.4 Å². The van der Waals surface area contributed by atoms with Crippen LogP contribution in [0.2, 0.25) is 0 Å². The van der Waals surface area contributed by atoms with Crippen molar-refractivity contribution in [1.29, 1.82) is 0 Å². The van der Waals surface area contributed by atoms with Crippen LogP contribution >= 0.6 is 0 Å². The Bertz CT molecular complexity index is 1680. The number of benzene rings is 2. The molecular formula is C25H24N4O6S. The van der Waals surface area contributed by atoms with Gasteiger partial charge in [-0.25, -0.2) is 12.4 Å². The zero-order chi connectivity index (χ0) is 25.8. The van der Waals surface area contributed by atoms with Gasteiger partial charge in [-0.2, -0.15) is 0 Å². The molecule has 10 nitrogen and oxygen atoms in total. The van der Waals surface area contributed by atoms with E-state index in [1.807, 2.05) is 6.92 Å². The maximum Gasteiger partial charge on any atom is 0.334 e. The Balaban J connectivity index is 1.77. The number of anilines is 1. The van der Waals surface area contributed by atoms with Crippen molar-refractivity contribution in [3.8, 4) is 16.9 Å². The molecule has 4 aromatic rings. The van der Waals surface area contributed by atoms with Crippen LogP contribution in [0, 0.1) is 23.0 Å². The largest absolute Gasteiger partial charge is 0.486 e. The first-order valence-electron chi connectivity index (χ1n) is 11.3. The molecule has 0 amide bonds. The van der Waals surface area contributed by atoms with Crippen molar-refractivity contribution in [3.05, 3.63) is 80.9 Å². The minimum Gasteiger partial charge on any atom is -0.486 e. The first-order valence-corrected chi connectivity index (χ1v) is 12.8.